The summed E-state index contributed by atoms with van der Waals surface area (Å²) in [6.45, 7) is 4.48. The summed E-state index contributed by atoms with van der Waals surface area (Å²) in [5.41, 5.74) is 5.43. The normalized spacial score (nSPS) is 11.7. The van der Waals surface area contributed by atoms with Crippen molar-refractivity contribution in [3.05, 3.63) is 21.3 Å². The molecule has 0 spiro atoms. The zero-order valence-corrected chi connectivity index (χ0v) is 9.91. The van der Waals surface area contributed by atoms with E-state index in [0.717, 1.165) is 4.88 Å². The fourth-order valence-corrected chi connectivity index (χ4v) is 2.04. The van der Waals surface area contributed by atoms with Gasteiger partial charge in [-0.25, -0.2) is 0 Å². The van der Waals surface area contributed by atoms with Crippen LogP contribution in [0.5, 0.6) is 0 Å². The lowest BCUT2D eigenvalue weighted by molar-refractivity contribution is 0.0939. The molecule has 0 aliphatic carbocycles. The standard InChI is InChI=1S/C10H14ClNOS/c1-10(2,6-12)5-7(13)8-3-4-9(11)14-8/h3-4H,5-6,12H2,1-2H3. The molecule has 0 aromatic carbocycles. The van der Waals surface area contributed by atoms with E-state index in [0.29, 0.717) is 17.3 Å². The molecule has 0 aliphatic rings. The predicted octanol–water partition coefficient (Wildman–Crippen LogP) is 2.96. The Hall–Kier alpha value is -0.380. The van der Waals surface area contributed by atoms with Crippen LogP contribution in [0.2, 0.25) is 4.34 Å². The molecule has 2 N–H and O–H groups in total. The van der Waals surface area contributed by atoms with Crippen LogP contribution in [0.3, 0.4) is 0 Å². The highest BCUT2D eigenvalue weighted by atomic mass is 35.5. The second-order valence-corrected chi connectivity index (χ2v) is 5.79. The van der Waals surface area contributed by atoms with E-state index in [9.17, 15) is 4.79 Å². The molecule has 0 aliphatic heterocycles. The topological polar surface area (TPSA) is 43.1 Å². The molecule has 0 radical (unpaired) electrons. The zero-order valence-electron chi connectivity index (χ0n) is 8.34. The van der Waals surface area contributed by atoms with Crippen LogP contribution in [0.4, 0.5) is 0 Å². The van der Waals surface area contributed by atoms with Crippen molar-refractivity contribution in [1.29, 1.82) is 0 Å². The fourth-order valence-electron chi connectivity index (χ4n) is 1.06. The molecular weight excluding hydrogens is 218 g/mol. The maximum atomic E-state index is 11.7. The van der Waals surface area contributed by atoms with Gasteiger partial charge in [0.1, 0.15) is 0 Å². The van der Waals surface area contributed by atoms with Crippen LogP contribution < -0.4 is 5.73 Å². The van der Waals surface area contributed by atoms with Crippen LogP contribution >= 0.6 is 22.9 Å². The first-order chi connectivity index (χ1) is 6.44. The summed E-state index contributed by atoms with van der Waals surface area (Å²) in [5.74, 6) is 0.123. The highest BCUT2D eigenvalue weighted by molar-refractivity contribution is 7.18. The van der Waals surface area contributed by atoms with Crippen molar-refractivity contribution in [3.63, 3.8) is 0 Å². The second-order valence-electron chi connectivity index (χ2n) is 4.07. The van der Waals surface area contributed by atoms with Gasteiger partial charge in [0.15, 0.2) is 5.78 Å². The quantitative estimate of drug-likeness (QED) is 0.810. The zero-order chi connectivity index (χ0) is 10.8. The van der Waals surface area contributed by atoms with E-state index in [-0.39, 0.29) is 11.2 Å². The van der Waals surface area contributed by atoms with Gasteiger partial charge >= 0.3 is 0 Å². The SMILES string of the molecule is CC(C)(CN)CC(=O)c1ccc(Cl)s1. The molecule has 0 saturated carbocycles. The molecule has 0 atom stereocenters. The van der Waals surface area contributed by atoms with Gasteiger partial charge in [0.2, 0.25) is 0 Å². The minimum atomic E-state index is -0.131. The summed E-state index contributed by atoms with van der Waals surface area (Å²) in [7, 11) is 0. The summed E-state index contributed by atoms with van der Waals surface area (Å²) < 4.78 is 0.652. The number of ketones is 1. The molecule has 1 aromatic heterocycles. The highest BCUT2D eigenvalue weighted by Gasteiger charge is 2.21. The molecule has 0 unspecified atom stereocenters. The number of carbonyl (C=O) groups is 1. The number of thiophene rings is 1. The molecule has 0 saturated heterocycles. The van der Waals surface area contributed by atoms with E-state index in [2.05, 4.69) is 0 Å². The lowest BCUT2D eigenvalue weighted by Crippen LogP contribution is -2.26. The van der Waals surface area contributed by atoms with Crippen LogP contribution in [0, 0.1) is 5.41 Å². The third-order valence-electron chi connectivity index (χ3n) is 2.04. The molecule has 0 bridgehead atoms. The Labute approximate surface area is 93.1 Å². The molecule has 0 fully saturated rings. The monoisotopic (exact) mass is 231 g/mol. The number of rotatable bonds is 4. The van der Waals surface area contributed by atoms with Crippen molar-refractivity contribution in [1.82, 2.24) is 0 Å². The Kier molecular flexibility index (Phi) is 3.70. The minimum absolute atomic E-state index is 0.123. The van der Waals surface area contributed by atoms with Gasteiger partial charge in [0.25, 0.3) is 0 Å². The van der Waals surface area contributed by atoms with Crippen molar-refractivity contribution >= 4 is 28.7 Å². The molecule has 0 amide bonds. The number of hydrogen-bond acceptors (Lipinski definition) is 3. The predicted molar refractivity (Wildman–Crippen MR) is 61.1 cm³/mol. The van der Waals surface area contributed by atoms with E-state index in [1.807, 2.05) is 13.8 Å². The Morgan fingerprint density at radius 3 is 2.64 bits per heavy atom. The molecule has 78 valence electrons. The largest absolute Gasteiger partial charge is 0.330 e. The van der Waals surface area contributed by atoms with Gasteiger partial charge in [-0.2, -0.15) is 0 Å². The summed E-state index contributed by atoms with van der Waals surface area (Å²) in [6, 6.07) is 3.51. The molecule has 4 heteroatoms. The average molecular weight is 232 g/mol. The third-order valence-corrected chi connectivity index (χ3v) is 3.31. The number of carbonyl (C=O) groups excluding carboxylic acids is 1. The third kappa shape index (κ3) is 3.08. The molecule has 1 rings (SSSR count). The van der Waals surface area contributed by atoms with Crippen molar-refractivity contribution in [2.75, 3.05) is 6.54 Å². The van der Waals surface area contributed by atoms with Gasteiger partial charge in [-0.05, 0) is 24.1 Å². The molecule has 1 heterocycles. The van der Waals surface area contributed by atoms with Gasteiger partial charge in [-0.1, -0.05) is 25.4 Å². The van der Waals surface area contributed by atoms with E-state index < -0.39 is 0 Å². The Morgan fingerprint density at radius 2 is 2.21 bits per heavy atom. The van der Waals surface area contributed by atoms with Crippen LogP contribution in [0.25, 0.3) is 0 Å². The van der Waals surface area contributed by atoms with E-state index >= 15 is 0 Å². The Morgan fingerprint density at radius 1 is 1.57 bits per heavy atom. The van der Waals surface area contributed by atoms with Crippen molar-refractivity contribution in [2.45, 2.75) is 20.3 Å². The van der Waals surface area contributed by atoms with Crippen molar-refractivity contribution < 1.29 is 4.79 Å². The van der Waals surface area contributed by atoms with E-state index in [1.54, 1.807) is 12.1 Å². The minimum Gasteiger partial charge on any atom is -0.330 e. The molecular formula is C10H14ClNOS. The molecule has 1 aromatic rings. The first-order valence-corrected chi connectivity index (χ1v) is 5.63. The first-order valence-electron chi connectivity index (χ1n) is 4.43. The van der Waals surface area contributed by atoms with Gasteiger partial charge in [0.05, 0.1) is 9.21 Å². The summed E-state index contributed by atoms with van der Waals surface area (Å²) in [6.07, 6.45) is 0.473. The summed E-state index contributed by atoms with van der Waals surface area (Å²) in [5, 5.41) is 0. The van der Waals surface area contributed by atoms with Gasteiger partial charge in [-0.15, -0.1) is 11.3 Å². The van der Waals surface area contributed by atoms with Gasteiger partial charge < -0.3 is 5.73 Å². The van der Waals surface area contributed by atoms with E-state index in [4.69, 9.17) is 17.3 Å². The second kappa shape index (κ2) is 4.43. The molecule has 2 nitrogen and oxygen atoms in total. The maximum absolute atomic E-state index is 11.7. The highest BCUT2D eigenvalue weighted by Crippen LogP contribution is 2.26. The summed E-state index contributed by atoms with van der Waals surface area (Å²) in [4.78, 5) is 12.4. The fraction of sp³-hybridized carbons (Fsp3) is 0.500. The van der Waals surface area contributed by atoms with Crippen LogP contribution in [-0.2, 0) is 0 Å². The number of Topliss-reactive ketones (excluding diaryl/α,β-unsaturated/α-hetero) is 1. The molecule has 14 heavy (non-hydrogen) atoms. The lowest BCUT2D eigenvalue weighted by Gasteiger charge is -2.20. The van der Waals surface area contributed by atoms with Crippen LogP contribution in [0.1, 0.15) is 29.9 Å². The average Bonchev–Trinajstić information content (AvgIpc) is 2.51. The van der Waals surface area contributed by atoms with Crippen LogP contribution in [-0.4, -0.2) is 12.3 Å². The maximum Gasteiger partial charge on any atom is 0.173 e. The Bertz CT molecular complexity index is 333. The first kappa shape index (κ1) is 11.7. The summed E-state index contributed by atoms with van der Waals surface area (Å²) >= 11 is 7.07. The number of halogens is 1. The van der Waals surface area contributed by atoms with Crippen LogP contribution in [0.15, 0.2) is 12.1 Å². The lowest BCUT2D eigenvalue weighted by atomic mass is 9.87. The smallest absolute Gasteiger partial charge is 0.173 e. The number of hydrogen-bond donors (Lipinski definition) is 1. The van der Waals surface area contributed by atoms with Crippen molar-refractivity contribution in [2.24, 2.45) is 11.1 Å². The Balaban J connectivity index is 2.68. The van der Waals surface area contributed by atoms with E-state index in [1.165, 1.54) is 11.3 Å². The number of nitrogens with two attached hydrogens (primary N) is 1. The van der Waals surface area contributed by atoms with Crippen molar-refractivity contribution in [3.8, 4) is 0 Å². The van der Waals surface area contributed by atoms with Gasteiger partial charge in [-0.3, -0.25) is 4.79 Å². The van der Waals surface area contributed by atoms with Gasteiger partial charge in [0, 0.05) is 6.42 Å².